The highest BCUT2D eigenvalue weighted by molar-refractivity contribution is 5.95. The molecule has 0 saturated heterocycles. The van der Waals surface area contributed by atoms with Gasteiger partial charge in [-0.2, -0.15) is 0 Å². The highest BCUT2D eigenvalue weighted by Gasteiger charge is 2.36. The van der Waals surface area contributed by atoms with Crippen LogP contribution in [0.4, 0.5) is 10.5 Å². The molecule has 0 radical (unpaired) electrons. The van der Waals surface area contributed by atoms with E-state index in [1.54, 1.807) is 36.2 Å². The average molecular weight is 327 g/mol. The Morgan fingerprint density at radius 2 is 1.92 bits per heavy atom. The molecular formula is C18H21N3O3. The van der Waals surface area contributed by atoms with Crippen LogP contribution in [-0.2, 0) is 6.54 Å². The fourth-order valence-electron chi connectivity index (χ4n) is 2.76. The van der Waals surface area contributed by atoms with E-state index in [2.05, 4.69) is 12.2 Å². The van der Waals surface area contributed by atoms with Crippen LogP contribution in [0.15, 0.2) is 40.8 Å². The molecule has 6 nitrogen and oxygen atoms in total. The number of benzene rings is 1. The third-order valence-electron chi connectivity index (χ3n) is 4.30. The average Bonchev–Trinajstić information content (AvgIpc) is 3.09. The van der Waals surface area contributed by atoms with E-state index >= 15 is 0 Å². The zero-order chi connectivity index (χ0) is 17.3. The number of urea groups is 1. The van der Waals surface area contributed by atoms with Crippen molar-refractivity contribution in [1.82, 2.24) is 4.90 Å². The van der Waals surface area contributed by atoms with E-state index < -0.39 is 6.03 Å². The van der Waals surface area contributed by atoms with E-state index in [-0.39, 0.29) is 5.91 Å². The monoisotopic (exact) mass is 327 g/mol. The largest absolute Gasteiger partial charge is 0.464 e. The Morgan fingerprint density at radius 1 is 1.25 bits per heavy atom. The molecule has 24 heavy (non-hydrogen) atoms. The quantitative estimate of drug-likeness (QED) is 0.884. The van der Waals surface area contributed by atoms with Gasteiger partial charge in [-0.1, -0.05) is 6.92 Å². The topological polar surface area (TPSA) is 88.6 Å². The minimum Gasteiger partial charge on any atom is -0.464 e. The van der Waals surface area contributed by atoms with Gasteiger partial charge in [-0.05, 0) is 48.7 Å². The summed E-state index contributed by atoms with van der Waals surface area (Å²) < 4.78 is 5.84. The van der Waals surface area contributed by atoms with Crippen molar-refractivity contribution in [2.24, 2.45) is 11.7 Å². The number of nitrogens with two attached hydrogens (primary N) is 1. The van der Waals surface area contributed by atoms with Crippen LogP contribution in [0.1, 0.15) is 41.1 Å². The van der Waals surface area contributed by atoms with Crippen LogP contribution in [0.3, 0.4) is 0 Å². The summed E-state index contributed by atoms with van der Waals surface area (Å²) in [6.45, 7) is 2.63. The van der Waals surface area contributed by atoms with Crippen LogP contribution >= 0.6 is 0 Å². The number of nitrogens with zero attached hydrogens (tertiary/aromatic N) is 1. The number of hydrogen-bond acceptors (Lipinski definition) is 3. The third kappa shape index (κ3) is 3.59. The number of carbonyl (C=O) groups is 2. The lowest BCUT2D eigenvalue weighted by atomic mass is 10.2. The summed E-state index contributed by atoms with van der Waals surface area (Å²) in [6.07, 6.45) is 1.17. The Hall–Kier alpha value is -2.76. The van der Waals surface area contributed by atoms with Crippen molar-refractivity contribution in [2.45, 2.75) is 25.8 Å². The van der Waals surface area contributed by atoms with E-state index in [0.29, 0.717) is 29.6 Å². The summed E-state index contributed by atoms with van der Waals surface area (Å²) >= 11 is 0. The first-order valence-corrected chi connectivity index (χ1v) is 7.94. The maximum Gasteiger partial charge on any atom is 0.316 e. The van der Waals surface area contributed by atoms with Gasteiger partial charge in [0.25, 0.3) is 5.91 Å². The molecule has 2 aromatic rings. The highest BCUT2D eigenvalue weighted by Crippen LogP contribution is 2.47. The Bertz CT molecular complexity index is 751. The van der Waals surface area contributed by atoms with Gasteiger partial charge in [0.15, 0.2) is 0 Å². The van der Waals surface area contributed by atoms with Crippen LogP contribution in [0.5, 0.6) is 0 Å². The standard InChI is InChI=1S/C18H21N3O3/c1-11-9-15(11)16-8-7-14(24-16)10-21(2)17(22)12-3-5-13(6-4-12)20-18(19)23/h3-8,11,15H,9-10H2,1-2H3,(H3,19,20,23)/t11-,15+/m1/s1. The van der Waals surface area contributed by atoms with E-state index in [1.807, 2.05) is 12.1 Å². The first kappa shape index (κ1) is 16.1. The highest BCUT2D eigenvalue weighted by atomic mass is 16.3. The van der Waals surface area contributed by atoms with Gasteiger partial charge in [-0.3, -0.25) is 4.79 Å². The molecule has 126 valence electrons. The number of amides is 3. The number of furan rings is 1. The predicted octanol–water partition coefficient (Wildman–Crippen LogP) is 3.17. The lowest BCUT2D eigenvalue weighted by Crippen LogP contribution is -2.26. The van der Waals surface area contributed by atoms with Gasteiger partial charge in [0.1, 0.15) is 11.5 Å². The lowest BCUT2D eigenvalue weighted by Gasteiger charge is -2.16. The number of nitrogens with one attached hydrogen (secondary N) is 1. The summed E-state index contributed by atoms with van der Waals surface area (Å²) in [5.41, 5.74) is 6.15. The SMILES string of the molecule is C[C@@H]1C[C@@H]1c1ccc(CN(C)C(=O)c2ccc(NC(N)=O)cc2)o1. The summed E-state index contributed by atoms with van der Waals surface area (Å²) in [6, 6.07) is 9.91. The lowest BCUT2D eigenvalue weighted by molar-refractivity contribution is 0.0775. The van der Waals surface area contributed by atoms with E-state index in [4.69, 9.17) is 10.2 Å². The number of rotatable bonds is 5. The van der Waals surface area contributed by atoms with E-state index in [0.717, 1.165) is 11.5 Å². The molecular weight excluding hydrogens is 306 g/mol. The molecule has 3 amide bonds. The van der Waals surface area contributed by atoms with E-state index in [1.165, 1.54) is 6.42 Å². The first-order valence-electron chi connectivity index (χ1n) is 7.94. The first-order chi connectivity index (χ1) is 11.4. The molecule has 6 heteroatoms. The number of anilines is 1. The molecule has 1 aromatic carbocycles. The second-order valence-electron chi connectivity index (χ2n) is 6.35. The van der Waals surface area contributed by atoms with Crippen LogP contribution in [0, 0.1) is 5.92 Å². The summed E-state index contributed by atoms with van der Waals surface area (Å²) in [7, 11) is 1.74. The Balaban J connectivity index is 1.61. The Kier molecular flexibility index (Phi) is 4.29. The zero-order valence-corrected chi connectivity index (χ0v) is 13.8. The molecule has 1 fully saturated rings. The Morgan fingerprint density at radius 3 is 2.50 bits per heavy atom. The van der Waals surface area contributed by atoms with Crippen molar-refractivity contribution in [1.29, 1.82) is 0 Å². The van der Waals surface area contributed by atoms with Crippen molar-refractivity contribution in [3.8, 4) is 0 Å². The van der Waals surface area contributed by atoms with Crippen molar-refractivity contribution in [2.75, 3.05) is 12.4 Å². The van der Waals surface area contributed by atoms with Gasteiger partial charge in [0.05, 0.1) is 6.54 Å². The van der Waals surface area contributed by atoms with Gasteiger partial charge in [0.2, 0.25) is 0 Å². The fraction of sp³-hybridized carbons (Fsp3) is 0.333. The number of hydrogen-bond donors (Lipinski definition) is 2. The minimum atomic E-state index is -0.634. The van der Waals surface area contributed by atoms with Crippen LogP contribution in [0.2, 0.25) is 0 Å². The number of carbonyl (C=O) groups excluding carboxylic acids is 2. The maximum atomic E-state index is 12.5. The normalized spacial score (nSPS) is 18.9. The second-order valence-corrected chi connectivity index (χ2v) is 6.35. The van der Waals surface area contributed by atoms with Crippen molar-refractivity contribution in [3.63, 3.8) is 0 Å². The maximum absolute atomic E-state index is 12.5. The van der Waals surface area contributed by atoms with Crippen LogP contribution in [-0.4, -0.2) is 23.9 Å². The predicted molar refractivity (Wildman–Crippen MR) is 90.7 cm³/mol. The van der Waals surface area contributed by atoms with Crippen molar-refractivity contribution >= 4 is 17.6 Å². The van der Waals surface area contributed by atoms with Gasteiger partial charge in [-0.25, -0.2) is 4.79 Å². The van der Waals surface area contributed by atoms with Crippen molar-refractivity contribution in [3.05, 3.63) is 53.5 Å². The van der Waals surface area contributed by atoms with Gasteiger partial charge >= 0.3 is 6.03 Å². The van der Waals surface area contributed by atoms with Crippen molar-refractivity contribution < 1.29 is 14.0 Å². The molecule has 3 rings (SSSR count). The molecule has 1 aliphatic rings. The fourth-order valence-corrected chi connectivity index (χ4v) is 2.76. The molecule has 0 bridgehead atoms. The molecule has 0 unspecified atom stereocenters. The van der Waals surface area contributed by atoms with Crippen LogP contribution < -0.4 is 11.1 Å². The van der Waals surface area contributed by atoms with E-state index in [9.17, 15) is 9.59 Å². The second kappa shape index (κ2) is 6.39. The van der Waals surface area contributed by atoms with Crippen LogP contribution in [0.25, 0.3) is 0 Å². The molecule has 1 aliphatic carbocycles. The Labute approximate surface area is 140 Å². The van der Waals surface area contributed by atoms with Gasteiger partial charge in [-0.15, -0.1) is 0 Å². The number of primary amides is 1. The van der Waals surface area contributed by atoms with Gasteiger partial charge < -0.3 is 20.4 Å². The zero-order valence-electron chi connectivity index (χ0n) is 13.8. The summed E-state index contributed by atoms with van der Waals surface area (Å²) in [5.74, 6) is 2.91. The smallest absolute Gasteiger partial charge is 0.316 e. The summed E-state index contributed by atoms with van der Waals surface area (Å²) in [4.78, 5) is 24.9. The molecule has 2 atom stereocenters. The minimum absolute atomic E-state index is 0.113. The summed E-state index contributed by atoms with van der Waals surface area (Å²) in [5, 5.41) is 2.46. The molecule has 1 saturated carbocycles. The molecule has 0 spiro atoms. The molecule has 3 N–H and O–H groups in total. The molecule has 1 aromatic heterocycles. The van der Waals surface area contributed by atoms with Gasteiger partial charge in [0, 0.05) is 24.2 Å². The third-order valence-corrected chi connectivity index (χ3v) is 4.30. The molecule has 1 heterocycles. The molecule has 0 aliphatic heterocycles.